The van der Waals surface area contributed by atoms with Gasteiger partial charge in [-0.15, -0.1) is 0 Å². The Morgan fingerprint density at radius 3 is 2.56 bits per heavy atom. The van der Waals surface area contributed by atoms with Crippen molar-refractivity contribution in [2.24, 2.45) is 0 Å². The van der Waals surface area contributed by atoms with Gasteiger partial charge in [-0.2, -0.15) is 0 Å². The number of ether oxygens (including phenoxy) is 3. The first-order chi connectivity index (χ1) is 16.3. The number of nitrogens with one attached hydrogen (secondary N) is 1. The third kappa shape index (κ3) is 6.39. The molecule has 0 atom stereocenters. The molecule has 3 amide bonds. The van der Waals surface area contributed by atoms with Gasteiger partial charge in [0.1, 0.15) is 6.54 Å². The zero-order valence-electron chi connectivity index (χ0n) is 18.3. The molecule has 11 heteroatoms. The molecule has 1 N–H and O–H groups in total. The Morgan fingerprint density at radius 1 is 1.15 bits per heavy atom. The van der Waals surface area contributed by atoms with E-state index in [1.54, 1.807) is 43.3 Å². The van der Waals surface area contributed by atoms with E-state index < -0.39 is 29.6 Å². The van der Waals surface area contributed by atoms with Crippen LogP contribution in [-0.4, -0.2) is 54.8 Å². The van der Waals surface area contributed by atoms with Crippen molar-refractivity contribution in [2.75, 3.05) is 32.2 Å². The quantitative estimate of drug-likeness (QED) is 0.368. The lowest BCUT2D eigenvalue weighted by Crippen LogP contribution is -2.36. The minimum atomic E-state index is -0.571. The van der Waals surface area contributed by atoms with Gasteiger partial charge in [-0.1, -0.05) is 18.2 Å². The summed E-state index contributed by atoms with van der Waals surface area (Å²) in [6, 6.07) is 12.0. The number of thioether (sulfide) groups is 1. The van der Waals surface area contributed by atoms with Crippen molar-refractivity contribution in [1.29, 1.82) is 0 Å². The van der Waals surface area contributed by atoms with Gasteiger partial charge < -0.3 is 19.5 Å². The van der Waals surface area contributed by atoms with Gasteiger partial charge in [-0.05, 0) is 70.5 Å². The molecule has 1 aliphatic heterocycles. The Labute approximate surface area is 208 Å². The van der Waals surface area contributed by atoms with Crippen LogP contribution in [0.3, 0.4) is 0 Å². The highest BCUT2D eigenvalue weighted by atomic mass is 79.9. The molecule has 0 unspecified atom stereocenters. The Bertz CT molecular complexity index is 1140. The predicted octanol–water partition coefficient (Wildman–Crippen LogP) is 4.07. The molecule has 9 nitrogen and oxygen atoms in total. The third-order valence-corrected chi connectivity index (χ3v) is 5.92. The van der Waals surface area contributed by atoms with Crippen LogP contribution in [0, 0.1) is 0 Å². The normalized spacial score (nSPS) is 14.3. The Hall–Kier alpha value is -3.31. The second-order valence-electron chi connectivity index (χ2n) is 6.81. The minimum Gasteiger partial charge on any atom is -0.490 e. The fraction of sp³-hybridized carbons (Fsp3) is 0.217. The molecular weight excluding hydrogens is 528 g/mol. The monoisotopic (exact) mass is 548 g/mol. The second kappa shape index (κ2) is 11.7. The van der Waals surface area contributed by atoms with Gasteiger partial charge in [-0.3, -0.25) is 19.3 Å². The highest BCUT2D eigenvalue weighted by Crippen LogP contribution is 2.39. The first-order valence-corrected chi connectivity index (χ1v) is 11.7. The van der Waals surface area contributed by atoms with Crippen molar-refractivity contribution in [3.8, 4) is 11.5 Å². The van der Waals surface area contributed by atoms with Crippen LogP contribution in [0.25, 0.3) is 6.08 Å². The fourth-order valence-corrected chi connectivity index (χ4v) is 4.33. The molecule has 1 aliphatic rings. The zero-order chi connectivity index (χ0) is 24.7. The summed E-state index contributed by atoms with van der Waals surface area (Å²) in [5, 5.41) is 2.11. The average Bonchev–Trinajstić information content (AvgIpc) is 3.06. The number of amides is 3. The van der Waals surface area contributed by atoms with Crippen LogP contribution in [0.2, 0.25) is 0 Å². The second-order valence-corrected chi connectivity index (χ2v) is 8.66. The SMILES string of the molecule is CCOc1cc(/C=C2\SC(=O)N(CC(=O)Nc3ccccc3)C2=O)cc(Br)c1OCC(=O)OC. The molecule has 0 spiro atoms. The van der Waals surface area contributed by atoms with Gasteiger partial charge in [0, 0.05) is 5.69 Å². The van der Waals surface area contributed by atoms with E-state index in [9.17, 15) is 19.2 Å². The number of rotatable bonds is 9. The van der Waals surface area contributed by atoms with E-state index in [4.69, 9.17) is 9.47 Å². The summed E-state index contributed by atoms with van der Waals surface area (Å²) in [5.41, 5.74) is 1.12. The number of hydrogen-bond donors (Lipinski definition) is 1. The molecule has 0 aliphatic carbocycles. The molecule has 0 bridgehead atoms. The van der Waals surface area contributed by atoms with Crippen molar-refractivity contribution in [2.45, 2.75) is 6.92 Å². The fourth-order valence-electron chi connectivity index (χ4n) is 2.92. The largest absolute Gasteiger partial charge is 0.490 e. The summed E-state index contributed by atoms with van der Waals surface area (Å²) >= 11 is 4.13. The van der Waals surface area contributed by atoms with E-state index in [1.165, 1.54) is 13.2 Å². The van der Waals surface area contributed by atoms with Crippen molar-refractivity contribution in [1.82, 2.24) is 4.90 Å². The molecular formula is C23H21BrN2O7S. The van der Waals surface area contributed by atoms with Crippen LogP contribution in [0.4, 0.5) is 10.5 Å². The number of hydrogen-bond acceptors (Lipinski definition) is 8. The van der Waals surface area contributed by atoms with Crippen LogP contribution < -0.4 is 14.8 Å². The molecule has 3 rings (SSSR count). The number of nitrogens with zero attached hydrogens (tertiary/aromatic N) is 1. The number of methoxy groups -OCH3 is 1. The minimum absolute atomic E-state index is 0.162. The van der Waals surface area contributed by atoms with Gasteiger partial charge >= 0.3 is 5.97 Å². The average molecular weight is 549 g/mol. The summed E-state index contributed by atoms with van der Waals surface area (Å²) in [6.07, 6.45) is 1.53. The molecule has 2 aromatic carbocycles. The van der Waals surface area contributed by atoms with Crippen LogP contribution in [0.5, 0.6) is 11.5 Å². The van der Waals surface area contributed by atoms with E-state index in [0.29, 0.717) is 33.8 Å². The van der Waals surface area contributed by atoms with Crippen LogP contribution >= 0.6 is 27.7 Å². The van der Waals surface area contributed by atoms with Crippen molar-refractivity contribution < 1.29 is 33.4 Å². The molecule has 0 radical (unpaired) electrons. The van der Waals surface area contributed by atoms with Gasteiger partial charge in [0.2, 0.25) is 5.91 Å². The van der Waals surface area contributed by atoms with Gasteiger partial charge in [0.25, 0.3) is 11.1 Å². The maximum absolute atomic E-state index is 12.8. The molecule has 178 valence electrons. The van der Waals surface area contributed by atoms with Gasteiger partial charge in [-0.25, -0.2) is 4.79 Å². The predicted molar refractivity (Wildman–Crippen MR) is 131 cm³/mol. The Morgan fingerprint density at radius 2 is 1.88 bits per heavy atom. The van der Waals surface area contributed by atoms with Crippen molar-refractivity contribution in [3.05, 3.63) is 57.4 Å². The number of benzene rings is 2. The van der Waals surface area contributed by atoms with E-state index in [-0.39, 0.29) is 11.5 Å². The Balaban J connectivity index is 1.76. The molecule has 1 fully saturated rings. The summed E-state index contributed by atoms with van der Waals surface area (Å²) in [4.78, 5) is 50.0. The Kier molecular flexibility index (Phi) is 8.72. The number of imide groups is 1. The standard InChI is InChI=1S/C23H21BrN2O7S/c1-3-32-17-10-14(9-16(24)21(17)33-13-20(28)31-2)11-18-22(29)26(23(30)34-18)12-19(27)25-15-7-5-4-6-8-15/h4-11H,3,12-13H2,1-2H3,(H,25,27)/b18-11-. The van der Waals surface area contributed by atoms with Gasteiger partial charge in [0.05, 0.1) is 23.1 Å². The molecule has 1 heterocycles. The lowest BCUT2D eigenvalue weighted by atomic mass is 10.2. The summed E-state index contributed by atoms with van der Waals surface area (Å²) < 4.78 is 16.2. The van der Waals surface area contributed by atoms with Crippen LogP contribution in [0.15, 0.2) is 51.8 Å². The molecule has 0 aromatic heterocycles. The van der Waals surface area contributed by atoms with Crippen molar-refractivity contribution in [3.63, 3.8) is 0 Å². The zero-order valence-corrected chi connectivity index (χ0v) is 20.7. The molecule has 2 aromatic rings. The number of para-hydroxylation sites is 1. The third-order valence-electron chi connectivity index (χ3n) is 4.42. The van der Waals surface area contributed by atoms with E-state index in [1.807, 2.05) is 6.07 Å². The molecule has 34 heavy (non-hydrogen) atoms. The van der Waals surface area contributed by atoms with Crippen molar-refractivity contribution >= 4 is 62.5 Å². The summed E-state index contributed by atoms with van der Waals surface area (Å²) in [7, 11) is 1.26. The lowest BCUT2D eigenvalue weighted by Gasteiger charge is -2.14. The molecule has 0 saturated carbocycles. The maximum Gasteiger partial charge on any atom is 0.343 e. The summed E-state index contributed by atoms with van der Waals surface area (Å²) in [5.74, 6) is -0.964. The van der Waals surface area contributed by atoms with E-state index in [2.05, 4.69) is 26.0 Å². The van der Waals surface area contributed by atoms with E-state index >= 15 is 0 Å². The topological polar surface area (TPSA) is 111 Å². The molecule has 1 saturated heterocycles. The number of esters is 1. The number of anilines is 1. The highest BCUT2D eigenvalue weighted by molar-refractivity contribution is 9.10. The first kappa shape index (κ1) is 25.3. The maximum atomic E-state index is 12.8. The van der Waals surface area contributed by atoms with Gasteiger partial charge in [0.15, 0.2) is 18.1 Å². The number of carbonyl (C=O) groups is 4. The lowest BCUT2D eigenvalue weighted by molar-refractivity contribution is -0.143. The smallest absolute Gasteiger partial charge is 0.343 e. The number of carbonyl (C=O) groups excluding carboxylic acids is 4. The summed E-state index contributed by atoms with van der Waals surface area (Å²) in [6.45, 7) is 1.41. The van der Waals surface area contributed by atoms with Crippen LogP contribution in [0.1, 0.15) is 12.5 Å². The first-order valence-electron chi connectivity index (χ1n) is 10.1. The number of halogens is 1. The van der Waals surface area contributed by atoms with E-state index in [0.717, 1.165) is 16.7 Å². The van der Waals surface area contributed by atoms with Crippen LogP contribution in [-0.2, 0) is 19.1 Å². The highest BCUT2D eigenvalue weighted by Gasteiger charge is 2.36.